The molecule has 27 heavy (non-hydrogen) atoms. The number of hydrogen-bond donors (Lipinski definition) is 3. The van der Waals surface area contributed by atoms with E-state index in [0.717, 1.165) is 31.2 Å². The number of nitrogen functional groups attached to an aromatic ring is 1. The fraction of sp³-hybridized carbons (Fsp3) is 0.444. The van der Waals surface area contributed by atoms with E-state index in [9.17, 15) is 10.1 Å². The van der Waals surface area contributed by atoms with Gasteiger partial charge in [0.2, 0.25) is 11.8 Å². The number of nitrogens with zero attached hydrogens (tertiary/aromatic N) is 3. The fourth-order valence-electron chi connectivity index (χ4n) is 3.43. The largest absolute Gasteiger partial charge is 0.378 e. The first kappa shape index (κ1) is 19.3. The number of nitrogens with one attached hydrogen (secondary N) is 1. The van der Waals surface area contributed by atoms with Crippen molar-refractivity contribution in [1.29, 1.82) is 0 Å². The minimum atomic E-state index is -0.500. The average molecular weight is 391 g/mol. The van der Waals surface area contributed by atoms with Gasteiger partial charge in [-0.25, -0.2) is 4.98 Å². The SMILES string of the molecule is Nc1nc(NCc2cccc(Cl)c2)nc(CC2CCC(N)CC2)c1[N+](=O)[O-]. The molecule has 0 saturated heterocycles. The molecule has 8 nitrogen and oxygen atoms in total. The van der Waals surface area contributed by atoms with Crippen LogP contribution in [0.3, 0.4) is 0 Å². The molecular formula is C18H23ClN6O2. The molecule has 5 N–H and O–H groups in total. The maximum Gasteiger partial charge on any atom is 0.332 e. The van der Waals surface area contributed by atoms with Crippen LogP contribution in [0.5, 0.6) is 0 Å². The van der Waals surface area contributed by atoms with Gasteiger partial charge in [-0.05, 0) is 55.7 Å². The third-order valence-electron chi connectivity index (χ3n) is 4.88. The molecule has 0 aliphatic heterocycles. The van der Waals surface area contributed by atoms with Gasteiger partial charge >= 0.3 is 5.69 Å². The molecule has 1 aromatic carbocycles. The van der Waals surface area contributed by atoms with Crippen molar-refractivity contribution < 1.29 is 4.92 Å². The Morgan fingerprint density at radius 2 is 2.00 bits per heavy atom. The molecule has 3 rings (SSSR count). The van der Waals surface area contributed by atoms with E-state index in [4.69, 9.17) is 23.1 Å². The average Bonchev–Trinajstić information content (AvgIpc) is 2.61. The summed E-state index contributed by atoms with van der Waals surface area (Å²) >= 11 is 5.99. The summed E-state index contributed by atoms with van der Waals surface area (Å²) in [5, 5.41) is 15.2. The van der Waals surface area contributed by atoms with Crippen LogP contribution < -0.4 is 16.8 Å². The van der Waals surface area contributed by atoms with Gasteiger partial charge < -0.3 is 16.8 Å². The van der Waals surface area contributed by atoms with Crippen molar-refractivity contribution in [2.45, 2.75) is 44.7 Å². The lowest BCUT2D eigenvalue weighted by Gasteiger charge is -2.25. The number of hydrogen-bond acceptors (Lipinski definition) is 7. The Balaban J connectivity index is 1.79. The highest BCUT2D eigenvalue weighted by Gasteiger charge is 2.27. The molecule has 1 aromatic heterocycles. The Bertz CT molecular complexity index is 823. The lowest BCUT2D eigenvalue weighted by atomic mass is 9.83. The molecule has 2 aromatic rings. The fourth-order valence-corrected chi connectivity index (χ4v) is 3.65. The van der Waals surface area contributed by atoms with Gasteiger partial charge in [0, 0.05) is 17.6 Å². The first-order valence-electron chi connectivity index (χ1n) is 8.97. The summed E-state index contributed by atoms with van der Waals surface area (Å²) in [5.41, 5.74) is 12.9. The first-order chi connectivity index (χ1) is 12.9. The zero-order valence-corrected chi connectivity index (χ0v) is 15.7. The van der Waals surface area contributed by atoms with Gasteiger partial charge in [-0.1, -0.05) is 23.7 Å². The van der Waals surface area contributed by atoms with Crippen LogP contribution in [-0.2, 0) is 13.0 Å². The van der Waals surface area contributed by atoms with Crippen LogP contribution in [0.1, 0.15) is 36.9 Å². The summed E-state index contributed by atoms with van der Waals surface area (Å²) in [6.45, 7) is 0.440. The first-order valence-corrected chi connectivity index (χ1v) is 9.35. The third-order valence-corrected chi connectivity index (χ3v) is 5.11. The summed E-state index contributed by atoms with van der Waals surface area (Å²) in [6, 6.07) is 7.61. The van der Waals surface area contributed by atoms with E-state index in [1.807, 2.05) is 18.2 Å². The Morgan fingerprint density at radius 1 is 1.26 bits per heavy atom. The maximum atomic E-state index is 11.5. The molecule has 0 radical (unpaired) electrons. The van der Waals surface area contributed by atoms with Crippen LogP contribution in [-0.4, -0.2) is 20.9 Å². The van der Waals surface area contributed by atoms with Crippen LogP contribution in [0.2, 0.25) is 5.02 Å². The molecule has 0 amide bonds. The summed E-state index contributed by atoms with van der Waals surface area (Å²) in [4.78, 5) is 19.4. The van der Waals surface area contributed by atoms with Gasteiger partial charge in [-0.15, -0.1) is 0 Å². The van der Waals surface area contributed by atoms with Crippen LogP contribution in [0.25, 0.3) is 0 Å². The molecule has 0 atom stereocenters. The van der Waals surface area contributed by atoms with Crippen LogP contribution in [0, 0.1) is 16.0 Å². The van der Waals surface area contributed by atoms with Gasteiger partial charge in [-0.2, -0.15) is 4.98 Å². The number of nitrogens with two attached hydrogens (primary N) is 2. The highest BCUT2D eigenvalue weighted by Crippen LogP contribution is 2.32. The summed E-state index contributed by atoms with van der Waals surface area (Å²) < 4.78 is 0. The van der Waals surface area contributed by atoms with Gasteiger partial charge in [0.15, 0.2) is 0 Å². The quantitative estimate of drug-likeness (QED) is 0.509. The smallest absolute Gasteiger partial charge is 0.332 e. The Labute approximate surface area is 162 Å². The molecule has 0 spiro atoms. The van der Waals surface area contributed by atoms with Crippen molar-refractivity contribution in [2.75, 3.05) is 11.1 Å². The highest BCUT2D eigenvalue weighted by molar-refractivity contribution is 6.30. The zero-order chi connectivity index (χ0) is 19.4. The number of benzene rings is 1. The van der Waals surface area contributed by atoms with E-state index in [1.165, 1.54) is 0 Å². The normalized spacial score (nSPS) is 19.6. The second kappa shape index (κ2) is 8.49. The maximum absolute atomic E-state index is 11.5. The van der Waals surface area contributed by atoms with Crippen molar-refractivity contribution >= 4 is 29.1 Å². The van der Waals surface area contributed by atoms with E-state index in [-0.39, 0.29) is 23.5 Å². The highest BCUT2D eigenvalue weighted by atomic mass is 35.5. The Hall–Kier alpha value is -2.45. The van der Waals surface area contributed by atoms with Gasteiger partial charge in [0.25, 0.3) is 0 Å². The van der Waals surface area contributed by atoms with Gasteiger partial charge in [0.05, 0.1) is 4.92 Å². The molecule has 1 fully saturated rings. The second-order valence-corrected chi connectivity index (χ2v) is 7.39. The molecule has 9 heteroatoms. The number of nitro groups is 1. The number of anilines is 2. The van der Waals surface area contributed by atoms with E-state index >= 15 is 0 Å². The van der Waals surface area contributed by atoms with Gasteiger partial charge in [-0.3, -0.25) is 10.1 Å². The lowest BCUT2D eigenvalue weighted by Crippen LogP contribution is -2.27. The Kier molecular flexibility index (Phi) is 6.08. The minimum absolute atomic E-state index is 0.119. The molecule has 1 aliphatic carbocycles. The number of halogens is 1. The van der Waals surface area contributed by atoms with E-state index < -0.39 is 4.92 Å². The van der Waals surface area contributed by atoms with E-state index in [1.54, 1.807) is 6.07 Å². The van der Waals surface area contributed by atoms with Crippen LogP contribution in [0.15, 0.2) is 24.3 Å². The molecule has 1 heterocycles. The minimum Gasteiger partial charge on any atom is -0.378 e. The Morgan fingerprint density at radius 3 is 2.67 bits per heavy atom. The molecule has 1 aliphatic rings. The van der Waals surface area contributed by atoms with Gasteiger partial charge in [0.1, 0.15) is 5.69 Å². The second-order valence-electron chi connectivity index (χ2n) is 6.95. The molecule has 144 valence electrons. The predicted molar refractivity (Wildman–Crippen MR) is 106 cm³/mol. The van der Waals surface area contributed by atoms with Crippen molar-refractivity contribution in [3.05, 3.63) is 50.7 Å². The standard InChI is InChI=1S/C18H23ClN6O2/c19-13-3-1-2-12(8-13)10-22-18-23-15(16(25(26)27)17(21)24-18)9-11-4-6-14(20)7-5-11/h1-3,8,11,14H,4-7,9-10,20H2,(H3,21,22,23,24). The topological polar surface area (TPSA) is 133 Å². The molecular weight excluding hydrogens is 368 g/mol. The van der Waals surface area contributed by atoms with Crippen molar-refractivity contribution in [1.82, 2.24) is 9.97 Å². The number of aromatic nitrogens is 2. The monoisotopic (exact) mass is 390 g/mol. The van der Waals surface area contributed by atoms with Crippen LogP contribution >= 0.6 is 11.6 Å². The molecule has 1 saturated carbocycles. The third kappa shape index (κ3) is 5.05. The number of rotatable bonds is 6. The van der Waals surface area contributed by atoms with E-state index in [0.29, 0.717) is 29.6 Å². The molecule has 0 unspecified atom stereocenters. The predicted octanol–water partition coefficient (Wildman–Crippen LogP) is 3.29. The van der Waals surface area contributed by atoms with E-state index in [2.05, 4.69) is 15.3 Å². The summed E-state index contributed by atoms with van der Waals surface area (Å²) in [6.07, 6.45) is 4.24. The molecule has 0 bridgehead atoms. The van der Waals surface area contributed by atoms with Crippen molar-refractivity contribution in [3.63, 3.8) is 0 Å². The van der Waals surface area contributed by atoms with Crippen molar-refractivity contribution in [3.8, 4) is 0 Å². The summed E-state index contributed by atoms with van der Waals surface area (Å²) in [5.74, 6) is 0.477. The lowest BCUT2D eigenvalue weighted by molar-refractivity contribution is -0.385. The van der Waals surface area contributed by atoms with Crippen LogP contribution in [0.4, 0.5) is 17.5 Å². The zero-order valence-electron chi connectivity index (χ0n) is 14.9. The van der Waals surface area contributed by atoms with Crippen molar-refractivity contribution in [2.24, 2.45) is 11.7 Å². The summed E-state index contributed by atoms with van der Waals surface area (Å²) in [7, 11) is 0.